The van der Waals surface area contributed by atoms with Gasteiger partial charge in [0.05, 0.1) is 18.7 Å². The molecule has 7 nitrogen and oxygen atoms in total. The van der Waals surface area contributed by atoms with Crippen molar-refractivity contribution in [1.82, 2.24) is 15.1 Å². The number of unbranched alkanes of at least 4 members (excludes halogenated alkanes) is 9. The molecule has 0 aliphatic carbocycles. The Hall–Kier alpha value is -1.93. The smallest absolute Gasteiger partial charge is 0.305 e. The van der Waals surface area contributed by atoms with E-state index in [9.17, 15) is 14.4 Å². The van der Waals surface area contributed by atoms with Gasteiger partial charge in [0.25, 0.3) is 5.91 Å². The van der Waals surface area contributed by atoms with Crippen LogP contribution in [-0.2, 0) is 27.3 Å². The molecule has 0 bridgehead atoms. The summed E-state index contributed by atoms with van der Waals surface area (Å²) in [4.78, 5) is 43.8. The molecular formula is C31H53N3O4S. The van der Waals surface area contributed by atoms with Gasteiger partial charge in [0.1, 0.15) is 0 Å². The van der Waals surface area contributed by atoms with Gasteiger partial charge < -0.3 is 19.9 Å². The summed E-state index contributed by atoms with van der Waals surface area (Å²) >= 11 is 1.65. The number of rotatable bonds is 20. The molecule has 0 saturated heterocycles. The van der Waals surface area contributed by atoms with Crippen molar-refractivity contribution in [1.29, 1.82) is 0 Å². The summed E-state index contributed by atoms with van der Waals surface area (Å²) in [5.41, 5.74) is 1.96. The highest BCUT2D eigenvalue weighted by molar-refractivity contribution is 7.12. The number of thiophene rings is 1. The number of ether oxygens (including phenoxy) is 1. The van der Waals surface area contributed by atoms with Crippen molar-refractivity contribution in [3.63, 3.8) is 0 Å². The average Bonchev–Trinajstić information content (AvgIpc) is 3.24. The molecule has 0 saturated carbocycles. The van der Waals surface area contributed by atoms with Crippen molar-refractivity contribution in [3.05, 3.63) is 20.9 Å². The third-order valence-corrected chi connectivity index (χ3v) is 8.55. The summed E-state index contributed by atoms with van der Waals surface area (Å²) in [6.07, 6.45) is 14.8. The third-order valence-electron chi connectivity index (χ3n) is 7.41. The second-order valence-corrected chi connectivity index (χ2v) is 12.5. The number of fused-ring (bicyclic) bond motifs is 1. The second kappa shape index (κ2) is 19.2. The lowest BCUT2D eigenvalue weighted by Crippen LogP contribution is -2.36. The molecule has 1 aromatic rings. The van der Waals surface area contributed by atoms with Gasteiger partial charge in [-0.15, -0.1) is 11.3 Å². The molecule has 39 heavy (non-hydrogen) atoms. The zero-order valence-corrected chi connectivity index (χ0v) is 25.9. The van der Waals surface area contributed by atoms with Crippen LogP contribution in [-0.4, -0.2) is 67.9 Å². The molecule has 1 aliphatic heterocycles. The first kappa shape index (κ1) is 33.3. The van der Waals surface area contributed by atoms with Crippen LogP contribution in [0.25, 0.3) is 0 Å². The van der Waals surface area contributed by atoms with Crippen LogP contribution >= 0.6 is 11.3 Å². The summed E-state index contributed by atoms with van der Waals surface area (Å²) in [6, 6.07) is 0. The Labute approximate surface area is 241 Å². The van der Waals surface area contributed by atoms with Gasteiger partial charge in [0.15, 0.2) is 0 Å². The fourth-order valence-electron chi connectivity index (χ4n) is 5.11. The van der Waals surface area contributed by atoms with Crippen molar-refractivity contribution < 1.29 is 19.1 Å². The molecular weight excluding hydrogens is 510 g/mol. The predicted molar refractivity (Wildman–Crippen MR) is 160 cm³/mol. The minimum atomic E-state index is -0.0889. The van der Waals surface area contributed by atoms with Gasteiger partial charge in [-0.1, -0.05) is 58.3 Å². The van der Waals surface area contributed by atoms with Crippen LogP contribution in [0, 0.1) is 6.92 Å². The van der Waals surface area contributed by atoms with Crippen molar-refractivity contribution >= 4 is 29.1 Å². The maximum atomic E-state index is 12.8. The average molecular weight is 564 g/mol. The van der Waals surface area contributed by atoms with Gasteiger partial charge in [0.2, 0.25) is 5.91 Å². The number of carbonyl (C=O) groups excluding carboxylic acids is 3. The summed E-state index contributed by atoms with van der Waals surface area (Å²) in [6.45, 7) is 7.69. The van der Waals surface area contributed by atoms with Gasteiger partial charge in [-0.3, -0.25) is 14.4 Å². The molecule has 0 spiro atoms. The lowest BCUT2D eigenvalue weighted by atomic mass is 10.0. The number of hydrogen-bond acceptors (Lipinski definition) is 6. The number of hydrogen-bond donors (Lipinski definition) is 1. The molecule has 2 amide bonds. The van der Waals surface area contributed by atoms with Crippen molar-refractivity contribution in [2.24, 2.45) is 0 Å². The summed E-state index contributed by atoms with van der Waals surface area (Å²) in [5, 5.41) is 3.07. The van der Waals surface area contributed by atoms with E-state index in [1.165, 1.54) is 32.1 Å². The number of carbonyl (C=O) groups is 3. The van der Waals surface area contributed by atoms with Gasteiger partial charge in [0, 0.05) is 35.7 Å². The minimum Gasteiger partial charge on any atom is -0.466 e. The second-order valence-electron chi connectivity index (χ2n) is 11.2. The lowest BCUT2D eigenvalue weighted by molar-refractivity contribution is -0.144. The maximum absolute atomic E-state index is 12.8. The van der Waals surface area contributed by atoms with Crippen LogP contribution in [0.2, 0.25) is 0 Å². The quantitative estimate of drug-likeness (QED) is 0.150. The molecule has 0 radical (unpaired) electrons. The predicted octanol–water partition coefficient (Wildman–Crippen LogP) is 6.26. The first-order valence-electron chi connectivity index (χ1n) is 15.3. The van der Waals surface area contributed by atoms with Crippen LogP contribution in [0.15, 0.2) is 0 Å². The Kier molecular flexibility index (Phi) is 16.4. The van der Waals surface area contributed by atoms with Crippen LogP contribution < -0.4 is 5.32 Å². The fraction of sp³-hybridized carbons (Fsp3) is 0.774. The van der Waals surface area contributed by atoms with E-state index < -0.39 is 0 Å². The lowest BCUT2D eigenvalue weighted by Gasteiger charge is -2.27. The van der Waals surface area contributed by atoms with E-state index in [-0.39, 0.29) is 17.8 Å². The SMILES string of the molecule is CCCCCCCCCOC(=O)CCCCCCC(=O)N1CCc2c(sc(C)c2C(=O)NCCCN(C)C)C1. The van der Waals surface area contributed by atoms with E-state index in [1.807, 2.05) is 25.9 Å². The molecule has 1 aliphatic rings. The summed E-state index contributed by atoms with van der Waals surface area (Å²) in [7, 11) is 4.07. The number of esters is 1. The van der Waals surface area contributed by atoms with Crippen LogP contribution in [0.3, 0.4) is 0 Å². The Morgan fingerprint density at radius 2 is 1.59 bits per heavy atom. The molecule has 0 aromatic carbocycles. The topological polar surface area (TPSA) is 79.0 Å². The van der Waals surface area contributed by atoms with E-state index >= 15 is 0 Å². The molecule has 222 valence electrons. The van der Waals surface area contributed by atoms with Crippen molar-refractivity contribution in [2.45, 2.75) is 117 Å². The summed E-state index contributed by atoms with van der Waals surface area (Å²) < 4.78 is 5.35. The van der Waals surface area contributed by atoms with Crippen molar-refractivity contribution in [2.75, 3.05) is 40.3 Å². The van der Waals surface area contributed by atoms with Crippen LogP contribution in [0.4, 0.5) is 0 Å². The monoisotopic (exact) mass is 563 g/mol. The molecule has 0 atom stereocenters. The number of nitrogens with zero attached hydrogens (tertiary/aromatic N) is 2. The first-order valence-corrected chi connectivity index (χ1v) is 16.1. The highest BCUT2D eigenvalue weighted by Crippen LogP contribution is 2.33. The molecule has 8 heteroatoms. The van der Waals surface area contributed by atoms with Gasteiger partial charge in [-0.2, -0.15) is 0 Å². The Bertz CT molecular complexity index is 883. The fourth-order valence-corrected chi connectivity index (χ4v) is 6.35. The molecule has 2 heterocycles. The molecule has 1 aromatic heterocycles. The first-order chi connectivity index (χ1) is 18.8. The Morgan fingerprint density at radius 1 is 0.923 bits per heavy atom. The van der Waals surface area contributed by atoms with Gasteiger partial charge >= 0.3 is 5.97 Å². The highest BCUT2D eigenvalue weighted by Gasteiger charge is 2.28. The van der Waals surface area contributed by atoms with E-state index in [0.29, 0.717) is 39.1 Å². The van der Waals surface area contributed by atoms with E-state index in [1.54, 1.807) is 11.3 Å². The molecule has 0 unspecified atom stereocenters. The summed E-state index contributed by atoms with van der Waals surface area (Å²) in [5.74, 6) is 0.120. The third kappa shape index (κ3) is 12.9. The standard InChI is InChI=1S/C31H53N3O4S/c1-5-6-7-8-9-12-15-23-38-29(36)18-14-11-10-13-17-28(35)34-22-19-26-27(24-34)39-25(2)30(26)31(37)32-20-16-21-33(3)4/h5-24H2,1-4H3,(H,32,37). The van der Waals surface area contributed by atoms with Crippen LogP contribution in [0.1, 0.15) is 122 Å². The number of aryl methyl sites for hydroxylation is 1. The van der Waals surface area contributed by atoms with E-state index in [4.69, 9.17) is 4.74 Å². The highest BCUT2D eigenvalue weighted by atomic mass is 32.1. The van der Waals surface area contributed by atoms with E-state index in [2.05, 4.69) is 17.1 Å². The normalized spacial score (nSPS) is 13.0. The van der Waals surface area contributed by atoms with Crippen molar-refractivity contribution in [3.8, 4) is 0 Å². The Balaban J connectivity index is 1.57. The van der Waals surface area contributed by atoms with E-state index in [0.717, 1.165) is 78.8 Å². The largest absolute Gasteiger partial charge is 0.466 e. The number of nitrogens with one attached hydrogen (secondary N) is 1. The minimum absolute atomic E-state index is 0.0187. The maximum Gasteiger partial charge on any atom is 0.305 e. The zero-order valence-electron chi connectivity index (χ0n) is 25.1. The zero-order chi connectivity index (χ0) is 28.5. The molecule has 2 rings (SSSR count). The van der Waals surface area contributed by atoms with Crippen LogP contribution in [0.5, 0.6) is 0 Å². The molecule has 0 fully saturated rings. The molecule has 1 N–H and O–H groups in total. The van der Waals surface area contributed by atoms with Gasteiger partial charge in [-0.05, 0) is 65.2 Å². The Morgan fingerprint density at radius 3 is 2.31 bits per heavy atom. The number of amides is 2. The van der Waals surface area contributed by atoms with Gasteiger partial charge in [-0.25, -0.2) is 0 Å².